The van der Waals surface area contributed by atoms with Crippen molar-refractivity contribution in [3.05, 3.63) is 106 Å². The average Bonchev–Trinajstić information content (AvgIpc) is 2.67. The number of halogens is 1. The first-order valence-electron chi connectivity index (χ1n) is 8.47. The maximum atomic E-state index is 12.4. The Bertz CT molecular complexity index is 1010. The van der Waals surface area contributed by atoms with Gasteiger partial charge in [0.2, 0.25) is 0 Å². The molecule has 1 N–H and O–H groups in total. The van der Waals surface area contributed by atoms with Crippen LogP contribution in [0.3, 0.4) is 0 Å². The Balaban J connectivity index is 1.72. The maximum Gasteiger partial charge on any atom is 0.255 e. The minimum atomic E-state index is -0.200. The molecule has 0 fully saturated rings. The zero-order chi connectivity index (χ0) is 19.2. The largest absolute Gasteiger partial charge is 0.322 e. The molecule has 134 valence electrons. The minimum absolute atomic E-state index is 0.121. The highest BCUT2D eigenvalue weighted by Gasteiger charge is 2.08. The third kappa shape index (κ3) is 5.25. The molecule has 3 aromatic rings. The van der Waals surface area contributed by atoms with Crippen molar-refractivity contribution in [3.8, 4) is 0 Å². The van der Waals surface area contributed by atoms with Crippen LogP contribution >= 0.6 is 15.9 Å². The highest BCUT2D eigenvalue weighted by molar-refractivity contribution is 9.10. The molecule has 0 aliphatic heterocycles. The van der Waals surface area contributed by atoms with E-state index >= 15 is 0 Å². The lowest BCUT2D eigenvalue weighted by molar-refractivity contribution is 0.102. The van der Waals surface area contributed by atoms with Crippen molar-refractivity contribution in [2.75, 3.05) is 5.32 Å². The van der Waals surface area contributed by atoms with Crippen molar-refractivity contribution in [2.45, 2.75) is 6.92 Å². The molecule has 0 spiro atoms. The summed E-state index contributed by atoms with van der Waals surface area (Å²) >= 11 is 3.38. The molecule has 3 rings (SSSR count). The van der Waals surface area contributed by atoms with Crippen LogP contribution in [0.4, 0.5) is 5.69 Å². The SMILES string of the molecule is Cc1cccc(C(=O)Nc2cccc(C(=O)/C=C/c3ccc(Br)cc3)c2)c1. The molecule has 0 radical (unpaired) electrons. The van der Waals surface area contributed by atoms with Gasteiger partial charge in [-0.15, -0.1) is 0 Å². The van der Waals surface area contributed by atoms with Crippen LogP contribution < -0.4 is 5.32 Å². The molecular weight excluding hydrogens is 402 g/mol. The van der Waals surface area contributed by atoms with Gasteiger partial charge >= 0.3 is 0 Å². The summed E-state index contributed by atoms with van der Waals surface area (Å²) in [5.74, 6) is -0.321. The molecule has 0 saturated heterocycles. The molecule has 27 heavy (non-hydrogen) atoms. The van der Waals surface area contributed by atoms with Crippen LogP contribution in [0.25, 0.3) is 6.08 Å². The number of rotatable bonds is 5. The quantitative estimate of drug-likeness (QED) is 0.412. The van der Waals surface area contributed by atoms with Crippen LogP contribution in [0.2, 0.25) is 0 Å². The third-order valence-electron chi connectivity index (χ3n) is 3.98. The first-order valence-corrected chi connectivity index (χ1v) is 9.27. The highest BCUT2D eigenvalue weighted by atomic mass is 79.9. The Labute approximate surface area is 166 Å². The van der Waals surface area contributed by atoms with Gasteiger partial charge in [0, 0.05) is 21.3 Å². The van der Waals surface area contributed by atoms with E-state index in [2.05, 4.69) is 21.2 Å². The van der Waals surface area contributed by atoms with Gasteiger partial charge in [0.25, 0.3) is 5.91 Å². The average molecular weight is 420 g/mol. The van der Waals surface area contributed by atoms with E-state index in [4.69, 9.17) is 0 Å². The summed E-state index contributed by atoms with van der Waals surface area (Å²) in [6.45, 7) is 1.94. The Hall–Kier alpha value is -2.98. The lowest BCUT2D eigenvalue weighted by Crippen LogP contribution is -2.12. The second-order valence-corrected chi connectivity index (χ2v) is 7.07. The normalized spacial score (nSPS) is 10.7. The standard InChI is InChI=1S/C23H18BrNO2/c1-16-4-2-6-19(14-16)23(27)25-21-7-3-5-18(15-21)22(26)13-10-17-8-11-20(24)12-9-17/h2-15H,1H3,(H,25,27)/b13-10+. The topological polar surface area (TPSA) is 46.2 Å². The number of benzene rings is 3. The predicted octanol–water partition coefficient (Wildman–Crippen LogP) is 5.91. The summed E-state index contributed by atoms with van der Waals surface area (Å²) in [5, 5.41) is 2.84. The molecule has 0 heterocycles. The van der Waals surface area contributed by atoms with E-state index in [0.29, 0.717) is 16.8 Å². The maximum absolute atomic E-state index is 12.4. The van der Waals surface area contributed by atoms with E-state index in [9.17, 15) is 9.59 Å². The molecule has 3 nitrogen and oxygen atoms in total. The fourth-order valence-electron chi connectivity index (χ4n) is 2.58. The zero-order valence-corrected chi connectivity index (χ0v) is 16.4. The first-order chi connectivity index (χ1) is 13.0. The summed E-state index contributed by atoms with van der Waals surface area (Å²) < 4.78 is 0.989. The molecule has 3 aromatic carbocycles. The number of hydrogen-bond acceptors (Lipinski definition) is 2. The third-order valence-corrected chi connectivity index (χ3v) is 4.51. The Morgan fingerprint density at radius 3 is 2.33 bits per heavy atom. The van der Waals surface area contributed by atoms with Crippen LogP contribution in [0.5, 0.6) is 0 Å². The smallest absolute Gasteiger partial charge is 0.255 e. The molecule has 0 atom stereocenters. The summed E-state index contributed by atoms with van der Waals surface area (Å²) in [7, 11) is 0. The van der Waals surface area contributed by atoms with Gasteiger partial charge in [0.05, 0.1) is 0 Å². The van der Waals surface area contributed by atoms with E-state index in [1.807, 2.05) is 49.4 Å². The minimum Gasteiger partial charge on any atom is -0.322 e. The number of aryl methyl sites for hydroxylation is 1. The van der Waals surface area contributed by atoms with Crippen molar-refractivity contribution < 1.29 is 9.59 Å². The molecular formula is C23H18BrNO2. The molecule has 0 bridgehead atoms. The molecule has 0 saturated carbocycles. The van der Waals surface area contributed by atoms with Gasteiger partial charge in [-0.1, -0.05) is 64.0 Å². The van der Waals surface area contributed by atoms with Gasteiger partial charge < -0.3 is 5.32 Å². The van der Waals surface area contributed by atoms with Crippen LogP contribution in [0.15, 0.2) is 83.3 Å². The second-order valence-electron chi connectivity index (χ2n) is 6.15. The first kappa shape index (κ1) is 18.8. The number of nitrogens with one attached hydrogen (secondary N) is 1. The van der Waals surface area contributed by atoms with Crippen LogP contribution in [0.1, 0.15) is 31.8 Å². The highest BCUT2D eigenvalue weighted by Crippen LogP contribution is 2.15. The number of amides is 1. The Morgan fingerprint density at radius 1 is 0.889 bits per heavy atom. The second kappa shape index (κ2) is 8.60. The van der Waals surface area contributed by atoms with Crippen molar-refractivity contribution in [2.24, 2.45) is 0 Å². The lowest BCUT2D eigenvalue weighted by Gasteiger charge is -2.07. The number of ketones is 1. The van der Waals surface area contributed by atoms with Gasteiger partial charge in [-0.05, 0) is 55.0 Å². The van der Waals surface area contributed by atoms with E-state index in [1.165, 1.54) is 6.08 Å². The molecule has 0 aromatic heterocycles. The van der Waals surface area contributed by atoms with Gasteiger partial charge in [-0.3, -0.25) is 9.59 Å². The summed E-state index contributed by atoms with van der Waals surface area (Å²) in [6, 6.07) is 22.0. The lowest BCUT2D eigenvalue weighted by atomic mass is 10.1. The Morgan fingerprint density at radius 2 is 1.59 bits per heavy atom. The molecule has 0 unspecified atom stereocenters. The van der Waals surface area contributed by atoms with Gasteiger partial charge in [0.15, 0.2) is 5.78 Å². The van der Waals surface area contributed by atoms with E-state index in [0.717, 1.165) is 15.6 Å². The molecule has 1 amide bonds. The Kier molecular flexibility index (Phi) is 5.99. The van der Waals surface area contributed by atoms with Crippen LogP contribution in [-0.2, 0) is 0 Å². The number of allylic oxidation sites excluding steroid dienone is 1. The van der Waals surface area contributed by atoms with E-state index < -0.39 is 0 Å². The molecule has 0 aliphatic carbocycles. The predicted molar refractivity (Wildman–Crippen MR) is 113 cm³/mol. The monoisotopic (exact) mass is 419 g/mol. The van der Waals surface area contributed by atoms with Crippen molar-refractivity contribution in [3.63, 3.8) is 0 Å². The summed E-state index contributed by atoms with van der Waals surface area (Å²) in [4.78, 5) is 24.8. The van der Waals surface area contributed by atoms with Crippen molar-refractivity contribution in [1.29, 1.82) is 0 Å². The number of carbonyl (C=O) groups is 2. The molecule has 4 heteroatoms. The zero-order valence-electron chi connectivity index (χ0n) is 14.8. The van der Waals surface area contributed by atoms with Gasteiger partial charge in [-0.25, -0.2) is 0 Å². The van der Waals surface area contributed by atoms with Gasteiger partial charge in [0.1, 0.15) is 0 Å². The van der Waals surface area contributed by atoms with Crippen LogP contribution in [0, 0.1) is 6.92 Å². The number of anilines is 1. The summed E-state index contributed by atoms with van der Waals surface area (Å²) in [6.07, 6.45) is 3.30. The van der Waals surface area contributed by atoms with Gasteiger partial charge in [-0.2, -0.15) is 0 Å². The fraction of sp³-hybridized carbons (Fsp3) is 0.0435. The van der Waals surface area contributed by atoms with Crippen molar-refractivity contribution >= 4 is 39.4 Å². The number of hydrogen-bond donors (Lipinski definition) is 1. The van der Waals surface area contributed by atoms with E-state index in [1.54, 1.807) is 36.4 Å². The van der Waals surface area contributed by atoms with Crippen LogP contribution in [-0.4, -0.2) is 11.7 Å². The van der Waals surface area contributed by atoms with Crippen molar-refractivity contribution in [1.82, 2.24) is 0 Å². The summed E-state index contributed by atoms with van der Waals surface area (Å²) in [5.41, 5.74) is 3.65. The van der Waals surface area contributed by atoms with E-state index in [-0.39, 0.29) is 11.7 Å². The number of carbonyl (C=O) groups excluding carboxylic acids is 2. The molecule has 0 aliphatic rings. The fourth-order valence-corrected chi connectivity index (χ4v) is 2.85.